The monoisotopic (exact) mass is 373 g/mol. The van der Waals surface area contributed by atoms with Crippen LogP contribution in [0.4, 0.5) is 14.5 Å². The summed E-state index contributed by atoms with van der Waals surface area (Å²) in [5.41, 5.74) is 3.55. The molecule has 0 aliphatic carbocycles. The summed E-state index contributed by atoms with van der Waals surface area (Å²) >= 11 is 4.43. The van der Waals surface area contributed by atoms with Gasteiger partial charge in [0.25, 0.3) is 0 Å². The van der Waals surface area contributed by atoms with Crippen LogP contribution < -0.4 is 0 Å². The average molecular weight is 373 g/mol. The van der Waals surface area contributed by atoms with E-state index < -0.39 is 11.6 Å². The van der Waals surface area contributed by atoms with E-state index >= 15 is 0 Å². The van der Waals surface area contributed by atoms with Crippen LogP contribution in [0.2, 0.25) is 0 Å². The van der Waals surface area contributed by atoms with Crippen LogP contribution in [-0.2, 0) is 0 Å². The first-order valence-electron chi connectivity index (χ1n) is 8.02. The van der Waals surface area contributed by atoms with Crippen molar-refractivity contribution in [2.24, 2.45) is 4.99 Å². The van der Waals surface area contributed by atoms with Gasteiger partial charge in [-0.15, -0.1) is 0 Å². The van der Waals surface area contributed by atoms with Crippen LogP contribution in [0, 0.1) is 23.5 Å². The maximum atomic E-state index is 14.0. The molecule has 1 nitrogen and oxygen atoms in total. The summed E-state index contributed by atoms with van der Waals surface area (Å²) in [6, 6.07) is 17.6. The summed E-state index contributed by atoms with van der Waals surface area (Å²) in [4.78, 5) is 3.57. The lowest BCUT2D eigenvalue weighted by atomic mass is 10.0. The summed E-state index contributed by atoms with van der Waals surface area (Å²) in [6.45, 7) is 3.74. The van der Waals surface area contributed by atoms with E-state index in [1.807, 2.05) is 48.5 Å². The second-order valence-electron chi connectivity index (χ2n) is 5.64. The molecule has 0 aliphatic rings. The number of halogens is 2. The number of aliphatic imine (C=N–C) groups is 1. The van der Waals surface area contributed by atoms with Gasteiger partial charge in [-0.25, -0.2) is 8.78 Å². The Kier molecular flexibility index (Phi) is 5.68. The lowest BCUT2D eigenvalue weighted by Gasteiger charge is -2.02. The van der Waals surface area contributed by atoms with E-state index in [0.29, 0.717) is 5.56 Å². The second kappa shape index (κ2) is 8.33. The number of benzene rings is 3. The largest absolute Gasteiger partial charge is 0.205 e. The van der Waals surface area contributed by atoms with Crippen molar-refractivity contribution < 1.29 is 8.78 Å². The van der Waals surface area contributed by atoms with Crippen LogP contribution in [0.3, 0.4) is 0 Å². The standard InChI is InChI=1S/C23H13F2NS/c1-2-16-3-8-18(9-4-16)19-10-5-17(6-11-19)7-12-21-22(24)13-20(26-15-27)14-23(21)25/h2-6,8-11,13-14H,1H2. The van der Waals surface area contributed by atoms with Gasteiger partial charge in [-0.05, 0) is 41.0 Å². The van der Waals surface area contributed by atoms with Gasteiger partial charge in [0, 0.05) is 17.7 Å². The predicted molar refractivity (Wildman–Crippen MR) is 109 cm³/mol. The molecule has 0 aromatic heterocycles. The first-order valence-corrected chi connectivity index (χ1v) is 8.43. The highest BCUT2D eigenvalue weighted by atomic mass is 32.1. The predicted octanol–water partition coefficient (Wildman–Crippen LogP) is 6.41. The summed E-state index contributed by atoms with van der Waals surface area (Å²) in [7, 11) is 0. The molecule has 0 heterocycles. The molecule has 0 spiro atoms. The Morgan fingerprint density at radius 1 is 0.852 bits per heavy atom. The fourth-order valence-electron chi connectivity index (χ4n) is 2.49. The summed E-state index contributed by atoms with van der Waals surface area (Å²) < 4.78 is 28.0. The molecule has 0 bridgehead atoms. The summed E-state index contributed by atoms with van der Waals surface area (Å²) in [5, 5.41) is 2.07. The normalized spacial score (nSPS) is 9.70. The Morgan fingerprint density at radius 3 is 1.93 bits per heavy atom. The summed E-state index contributed by atoms with van der Waals surface area (Å²) in [6.07, 6.45) is 1.79. The quantitative estimate of drug-likeness (QED) is 0.294. The molecule has 0 unspecified atom stereocenters. The number of hydrogen-bond donors (Lipinski definition) is 0. The van der Waals surface area contributed by atoms with Crippen molar-refractivity contribution >= 4 is 29.1 Å². The van der Waals surface area contributed by atoms with Crippen LogP contribution in [0.15, 0.2) is 72.2 Å². The van der Waals surface area contributed by atoms with Crippen LogP contribution in [-0.4, -0.2) is 5.16 Å². The van der Waals surface area contributed by atoms with Crippen molar-refractivity contribution in [2.75, 3.05) is 0 Å². The van der Waals surface area contributed by atoms with Crippen molar-refractivity contribution in [3.8, 4) is 23.0 Å². The molecule has 27 heavy (non-hydrogen) atoms. The van der Waals surface area contributed by atoms with Crippen molar-refractivity contribution in [1.29, 1.82) is 0 Å². The lowest BCUT2D eigenvalue weighted by molar-refractivity contribution is 0.578. The topological polar surface area (TPSA) is 12.4 Å². The zero-order chi connectivity index (χ0) is 19.2. The SMILES string of the molecule is C=Cc1ccc(-c2ccc(C#Cc3c(F)cc(N=C=S)cc3F)cc2)cc1. The van der Waals surface area contributed by atoms with E-state index in [4.69, 9.17) is 0 Å². The molecule has 3 aromatic rings. The third-order valence-corrected chi connectivity index (χ3v) is 3.99. The van der Waals surface area contributed by atoms with E-state index in [1.165, 1.54) is 0 Å². The van der Waals surface area contributed by atoms with Crippen molar-refractivity contribution in [1.82, 2.24) is 0 Å². The molecular formula is C23H13F2NS. The van der Waals surface area contributed by atoms with Gasteiger partial charge in [-0.3, -0.25) is 0 Å². The van der Waals surface area contributed by atoms with Crippen molar-refractivity contribution in [3.05, 3.63) is 95.6 Å². The lowest BCUT2D eigenvalue weighted by Crippen LogP contribution is -1.90. The molecule has 3 rings (SSSR count). The van der Waals surface area contributed by atoms with E-state index in [-0.39, 0.29) is 11.3 Å². The maximum absolute atomic E-state index is 14.0. The third kappa shape index (κ3) is 4.43. The Morgan fingerprint density at radius 2 is 1.41 bits per heavy atom. The molecule has 4 heteroatoms. The van der Waals surface area contributed by atoms with Gasteiger partial charge < -0.3 is 0 Å². The van der Waals surface area contributed by atoms with E-state index in [9.17, 15) is 8.78 Å². The highest BCUT2D eigenvalue weighted by Crippen LogP contribution is 2.22. The fraction of sp³-hybridized carbons (Fsp3) is 0. The second-order valence-corrected chi connectivity index (χ2v) is 5.82. The molecule has 0 saturated heterocycles. The Hall–Kier alpha value is -3.38. The van der Waals surface area contributed by atoms with Gasteiger partial charge >= 0.3 is 0 Å². The van der Waals surface area contributed by atoms with Crippen LogP contribution >= 0.6 is 12.2 Å². The van der Waals surface area contributed by atoms with Crippen LogP contribution in [0.25, 0.3) is 17.2 Å². The van der Waals surface area contributed by atoms with Gasteiger partial charge in [-0.2, -0.15) is 4.99 Å². The minimum atomic E-state index is -0.787. The Labute approximate surface area is 161 Å². The van der Waals surface area contributed by atoms with Gasteiger partial charge in [0.05, 0.1) is 16.4 Å². The molecule has 0 N–H and O–H groups in total. The molecular weight excluding hydrogens is 360 g/mol. The van der Waals surface area contributed by atoms with E-state index in [1.54, 1.807) is 6.08 Å². The molecule has 0 aliphatic heterocycles. The van der Waals surface area contributed by atoms with Crippen molar-refractivity contribution in [3.63, 3.8) is 0 Å². The number of hydrogen-bond acceptors (Lipinski definition) is 2. The van der Waals surface area contributed by atoms with Gasteiger partial charge in [0.1, 0.15) is 11.6 Å². The van der Waals surface area contributed by atoms with E-state index in [2.05, 4.69) is 40.8 Å². The van der Waals surface area contributed by atoms with E-state index in [0.717, 1.165) is 28.8 Å². The minimum Gasteiger partial charge on any atom is -0.205 e. The molecule has 3 aromatic carbocycles. The van der Waals surface area contributed by atoms with Gasteiger partial charge in [0.15, 0.2) is 0 Å². The number of rotatable bonds is 3. The fourth-order valence-corrected chi connectivity index (χ4v) is 2.59. The van der Waals surface area contributed by atoms with Crippen LogP contribution in [0.5, 0.6) is 0 Å². The zero-order valence-corrected chi connectivity index (χ0v) is 15.0. The first kappa shape index (κ1) is 18.4. The van der Waals surface area contributed by atoms with Gasteiger partial charge in [0.2, 0.25) is 0 Å². The Balaban J connectivity index is 1.85. The molecule has 130 valence electrons. The average Bonchev–Trinajstić information content (AvgIpc) is 2.68. The highest BCUT2D eigenvalue weighted by molar-refractivity contribution is 7.78. The molecule has 0 atom stereocenters. The zero-order valence-electron chi connectivity index (χ0n) is 14.2. The first-order chi connectivity index (χ1) is 13.1. The molecule has 0 fully saturated rings. The third-order valence-electron chi connectivity index (χ3n) is 3.90. The molecule has 0 radical (unpaired) electrons. The highest BCUT2D eigenvalue weighted by Gasteiger charge is 2.08. The smallest absolute Gasteiger partial charge is 0.143 e. The number of nitrogens with zero attached hydrogens (tertiary/aromatic N) is 1. The van der Waals surface area contributed by atoms with Gasteiger partial charge in [-0.1, -0.05) is 60.9 Å². The van der Waals surface area contributed by atoms with Crippen LogP contribution in [0.1, 0.15) is 16.7 Å². The minimum absolute atomic E-state index is 0.0670. The maximum Gasteiger partial charge on any atom is 0.143 e. The summed E-state index contributed by atoms with van der Waals surface area (Å²) in [5.74, 6) is 3.75. The molecule has 0 amide bonds. The Bertz CT molecular complexity index is 1070. The number of isothiocyanates is 1. The van der Waals surface area contributed by atoms with Crippen molar-refractivity contribution in [2.45, 2.75) is 0 Å². The number of thiocarbonyl (C=S) groups is 1. The molecule has 0 saturated carbocycles.